The van der Waals surface area contributed by atoms with Gasteiger partial charge in [0.25, 0.3) is 10.0 Å². The first-order chi connectivity index (χ1) is 17.1. The largest absolute Gasteiger partial charge is 0.508 e. The number of phenols is 1. The highest BCUT2D eigenvalue weighted by Crippen LogP contribution is 2.54. The number of fused-ring (bicyclic) bond motifs is 3. The molecular weight excluding hydrogens is 474 g/mol. The first-order valence-electron chi connectivity index (χ1n) is 12.2. The molecule has 1 heterocycles. The number of aryl methyl sites for hydroxylation is 2. The Hall–Kier alpha value is -3.28. The molecule has 1 saturated carbocycles. The fraction of sp³-hybridized carbons (Fsp3) is 0.393. The van der Waals surface area contributed by atoms with Crippen molar-refractivity contribution in [2.24, 2.45) is 13.0 Å². The molecule has 36 heavy (non-hydrogen) atoms. The summed E-state index contributed by atoms with van der Waals surface area (Å²) in [7, 11) is -2.04. The lowest BCUT2D eigenvalue weighted by atomic mass is 9.52. The summed E-state index contributed by atoms with van der Waals surface area (Å²) in [6, 6.07) is 13.2. The van der Waals surface area contributed by atoms with E-state index in [2.05, 4.69) is 21.5 Å². The van der Waals surface area contributed by atoms with Crippen LogP contribution >= 0.6 is 0 Å². The number of rotatable bonds is 5. The topological polar surface area (TPSA) is 104 Å². The zero-order valence-corrected chi connectivity index (χ0v) is 21.3. The number of aliphatic hydroxyl groups is 1. The van der Waals surface area contributed by atoms with E-state index in [0.29, 0.717) is 18.5 Å². The molecular formula is C28H31N3O4S. The number of hydrogen-bond acceptors (Lipinski definition) is 5. The van der Waals surface area contributed by atoms with Crippen molar-refractivity contribution in [1.82, 2.24) is 9.55 Å². The van der Waals surface area contributed by atoms with E-state index in [-0.39, 0.29) is 22.1 Å². The third kappa shape index (κ3) is 4.49. The summed E-state index contributed by atoms with van der Waals surface area (Å²) in [5.41, 5.74) is 2.82. The highest BCUT2D eigenvalue weighted by atomic mass is 32.2. The highest BCUT2D eigenvalue weighted by Gasteiger charge is 2.51. The number of imidazole rings is 1. The number of hydrogen-bond donors (Lipinski definition) is 3. The monoisotopic (exact) mass is 505 g/mol. The van der Waals surface area contributed by atoms with Crippen LogP contribution in [0.3, 0.4) is 0 Å². The van der Waals surface area contributed by atoms with Crippen molar-refractivity contribution in [1.29, 1.82) is 0 Å². The number of benzene rings is 2. The number of anilines is 1. The highest BCUT2D eigenvalue weighted by molar-refractivity contribution is 7.92. The van der Waals surface area contributed by atoms with Crippen molar-refractivity contribution in [3.63, 3.8) is 0 Å². The van der Waals surface area contributed by atoms with E-state index in [0.717, 1.165) is 36.8 Å². The molecule has 188 valence electrons. The molecule has 0 spiro atoms. The Morgan fingerprint density at radius 3 is 2.67 bits per heavy atom. The lowest BCUT2D eigenvalue weighted by Crippen LogP contribution is -2.50. The summed E-state index contributed by atoms with van der Waals surface area (Å²) in [4.78, 5) is 3.94. The van der Waals surface area contributed by atoms with Crippen LogP contribution in [0.5, 0.6) is 5.75 Å². The van der Waals surface area contributed by atoms with Crippen LogP contribution in [0, 0.1) is 17.8 Å². The number of aromatic nitrogens is 2. The summed E-state index contributed by atoms with van der Waals surface area (Å²) in [6.45, 7) is 1.77. The van der Waals surface area contributed by atoms with Gasteiger partial charge in [-0.25, -0.2) is 4.98 Å². The van der Waals surface area contributed by atoms with Crippen molar-refractivity contribution >= 4 is 15.7 Å². The van der Waals surface area contributed by atoms with Gasteiger partial charge in [0.05, 0.1) is 6.33 Å². The summed E-state index contributed by atoms with van der Waals surface area (Å²) < 4.78 is 29.5. The molecule has 1 aromatic heterocycles. The third-order valence-electron chi connectivity index (χ3n) is 7.78. The average Bonchev–Trinajstić information content (AvgIpc) is 3.28. The molecule has 3 N–H and O–H groups in total. The van der Waals surface area contributed by atoms with Gasteiger partial charge in [-0.05, 0) is 92.3 Å². The lowest BCUT2D eigenvalue weighted by molar-refractivity contribution is -0.00804. The maximum absolute atomic E-state index is 12.6. The number of aromatic hydroxyl groups is 1. The van der Waals surface area contributed by atoms with Crippen molar-refractivity contribution in [3.05, 3.63) is 71.7 Å². The van der Waals surface area contributed by atoms with Crippen LogP contribution in [0.15, 0.2) is 60.0 Å². The predicted octanol–water partition coefficient (Wildman–Crippen LogP) is 3.91. The molecule has 0 saturated heterocycles. The summed E-state index contributed by atoms with van der Waals surface area (Å²) in [6.07, 6.45) is 7.45. The Balaban J connectivity index is 1.44. The summed E-state index contributed by atoms with van der Waals surface area (Å²) >= 11 is 0. The normalized spacial score (nSPS) is 25.2. The second kappa shape index (κ2) is 8.99. The number of nitrogens with one attached hydrogen (secondary N) is 1. The first-order valence-corrected chi connectivity index (χ1v) is 13.7. The van der Waals surface area contributed by atoms with Gasteiger partial charge < -0.3 is 14.8 Å². The molecule has 0 unspecified atom stereocenters. The standard InChI is InChI=1S/C28H31N3O4S/c1-3-12-27(33)13-14-28(22(17-27)7-6-21-15-24(32)10-11-25(21)28)16-20-4-8-23(9-5-20)30-36(34,35)26-18-31(2)19-29-26/h4-5,8-11,15,18-19,22,30,32-33H,6-7,13-14,16-17H2,1-2H3/t22-,27+,28+/m0/s1. The third-order valence-corrected chi connectivity index (χ3v) is 9.04. The Labute approximate surface area is 212 Å². The maximum atomic E-state index is 12.6. The molecule has 1 fully saturated rings. The van der Waals surface area contributed by atoms with Gasteiger partial charge in [0, 0.05) is 24.3 Å². The molecule has 2 aliphatic rings. The van der Waals surface area contributed by atoms with E-state index in [1.165, 1.54) is 18.1 Å². The van der Waals surface area contributed by atoms with Crippen LogP contribution in [0.2, 0.25) is 0 Å². The molecule has 0 bridgehead atoms. The molecule has 2 aromatic carbocycles. The van der Waals surface area contributed by atoms with Gasteiger partial charge in [-0.3, -0.25) is 4.72 Å². The van der Waals surface area contributed by atoms with Crippen LogP contribution in [-0.2, 0) is 35.3 Å². The smallest absolute Gasteiger partial charge is 0.280 e. The molecule has 0 amide bonds. The van der Waals surface area contributed by atoms with Crippen molar-refractivity contribution in [2.75, 3.05) is 4.72 Å². The average molecular weight is 506 g/mol. The minimum Gasteiger partial charge on any atom is -0.508 e. The van der Waals surface area contributed by atoms with Crippen LogP contribution in [0.1, 0.15) is 49.3 Å². The van der Waals surface area contributed by atoms with Crippen LogP contribution in [-0.4, -0.2) is 33.8 Å². The molecule has 3 aromatic rings. The van der Waals surface area contributed by atoms with Crippen molar-refractivity contribution in [2.45, 2.75) is 61.5 Å². The Kier molecular flexibility index (Phi) is 6.09. The summed E-state index contributed by atoms with van der Waals surface area (Å²) in [5.74, 6) is 6.47. The van der Waals surface area contributed by atoms with E-state index >= 15 is 0 Å². The quantitative estimate of drug-likeness (QED) is 0.456. The van der Waals surface area contributed by atoms with Crippen LogP contribution in [0.4, 0.5) is 5.69 Å². The van der Waals surface area contributed by atoms with Crippen molar-refractivity contribution < 1.29 is 18.6 Å². The number of phenolic OH excluding ortho intramolecular Hbond substituents is 1. The van der Waals surface area contributed by atoms with E-state index in [1.54, 1.807) is 36.7 Å². The first kappa shape index (κ1) is 24.4. The Morgan fingerprint density at radius 2 is 1.97 bits per heavy atom. The molecule has 8 heteroatoms. The van der Waals surface area contributed by atoms with Crippen LogP contribution < -0.4 is 4.72 Å². The van der Waals surface area contributed by atoms with E-state index in [4.69, 9.17) is 0 Å². The van der Waals surface area contributed by atoms with E-state index < -0.39 is 15.6 Å². The van der Waals surface area contributed by atoms with Gasteiger partial charge in [-0.1, -0.05) is 24.1 Å². The molecule has 0 radical (unpaired) electrons. The molecule has 0 aliphatic heterocycles. The van der Waals surface area contributed by atoms with Gasteiger partial charge in [0.1, 0.15) is 11.4 Å². The van der Waals surface area contributed by atoms with Gasteiger partial charge in [0.2, 0.25) is 0 Å². The Bertz CT molecular complexity index is 1450. The fourth-order valence-corrected chi connectivity index (χ4v) is 7.18. The van der Waals surface area contributed by atoms with E-state index in [1.807, 2.05) is 24.3 Å². The molecule has 2 aliphatic carbocycles. The van der Waals surface area contributed by atoms with E-state index in [9.17, 15) is 18.6 Å². The zero-order chi connectivity index (χ0) is 25.6. The lowest BCUT2D eigenvalue weighted by Gasteiger charge is -2.52. The molecule has 3 atom stereocenters. The number of nitrogens with zero attached hydrogens (tertiary/aromatic N) is 2. The van der Waals surface area contributed by atoms with Gasteiger partial charge in [-0.2, -0.15) is 8.42 Å². The summed E-state index contributed by atoms with van der Waals surface area (Å²) in [5, 5.41) is 21.2. The second-order valence-electron chi connectivity index (χ2n) is 10.2. The van der Waals surface area contributed by atoms with Crippen LogP contribution in [0.25, 0.3) is 0 Å². The maximum Gasteiger partial charge on any atom is 0.280 e. The second-order valence-corrected chi connectivity index (χ2v) is 11.8. The fourth-order valence-electron chi connectivity index (χ4n) is 6.14. The number of sulfonamides is 1. The van der Waals surface area contributed by atoms with Crippen molar-refractivity contribution in [3.8, 4) is 17.6 Å². The zero-order valence-electron chi connectivity index (χ0n) is 20.5. The van der Waals surface area contributed by atoms with Gasteiger partial charge >= 0.3 is 0 Å². The van der Waals surface area contributed by atoms with Gasteiger partial charge in [-0.15, -0.1) is 5.92 Å². The minimum atomic E-state index is -3.76. The SMILES string of the molecule is CC#C[C@@]1(O)CC[C@]2(Cc3ccc(NS(=O)(=O)c4cn(C)cn4)cc3)c3ccc(O)cc3CC[C@H]2C1. The molecule has 5 rings (SSSR count). The Morgan fingerprint density at radius 1 is 1.19 bits per heavy atom. The minimum absolute atomic E-state index is 0.0252. The van der Waals surface area contributed by atoms with Gasteiger partial charge in [0.15, 0.2) is 5.03 Å². The molecule has 7 nitrogen and oxygen atoms in total. The predicted molar refractivity (Wildman–Crippen MR) is 138 cm³/mol.